The Kier molecular flexibility index (Phi) is 7.76. The molecule has 6 nitrogen and oxygen atoms in total. The lowest BCUT2D eigenvalue weighted by atomic mass is 10.1. The molecule has 6 heteroatoms. The molecule has 0 fully saturated rings. The standard InChI is InChI=1S/C23H32N4O2/c1-7-26(8-2)23(29)16-25(6)22(28)14-13-21-18(4)24-27(19(21)5)15-20-11-9-17(3)10-12-20/h9-14H,7-8,15-16H2,1-6H3/b14-13+. The Bertz CT molecular complexity index is 877. The SMILES string of the molecule is CCN(CC)C(=O)CN(C)C(=O)/C=C/c1c(C)nn(Cc2ccc(C)cc2)c1C. The number of carbonyl (C=O) groups excluding carboxylic acids is 2. The molecule has 0 aliphatic rings. The van der Waals surface area contributed by atoms with Crippen LogP contribution in [0.3, 0.4) is 0 Å². The molecule has 0 spiro atoms. The molecule has 0 radical (unpaired) electrons. The monoisotopic (exact) mass is 396 g/mol. The number of aromatic nitrogens is 2. The number of hydrogen-bond acceptors (Lipinski definition) is 3. The van der Waals surface area contributed by atoms with Crippen molar-refractivity contribution in [2.45, 2.75) is 41.2 Å². The number of likely N-dealkylation sites (N-methyl/N-ethyl adjacent to an activating group) is 2. The van der Waals surface area contributed by atoms with Crippen LogP contribution < -0.4 is 0 Å². The summed E-state index contributed by atoms with van der Waals surface area (Å²) in [5.74, 6) is -0.242. The maximum absolute atomic E-state index is 12.4. The summed E-state index contributed by atoms with van der Waals surface area (Å²) in [6, 6.07) is 8.39. The number of amides is 2. The van der Waals surface area contributed by atoms with Crippen molar-refractivity contribution in [3.63, 3.8) is 0 Å². The minimum Gasteiger partial charge on any atom is -0.342 e. The Balaban J connectivity index is 2.08. The Morgan fingerprint density at radius 1 is 1.07 bits per heavy atom. The average molecular weight is 397 g/mol. The fraction of sp³-hybridized carbons (Fsp3) is 0.435. The summed E-state index contributed by atoms with van der Waals surface area (Å²) in [6.45, 7) is 11.9. The molecule has 2 aromatic rings. The molecule has 0 atom stereocenters. The van der Waals surface area contributed by atoms with E-state index in [2.05, 4.69) is 36.3 Å². The molecule has 156 valence electrons. The van der Waals surface area contributed by atoms with E-state index < -0.39 is 0 Å². The molecule has 0 unspecified atom stereocenters. The maximum Gasteiger partial charge on any atom is 0.246 e. The molecule has 0 saturated heterocycles. The number of rotatable bonds is 8. The molecular formula is C23H32N4O2. The topological polar surface area (TPSA) is 58.4 Å². The molecule has 0 saturated carbocycles. The van der Waals surface area contributed by atoms with E-state index in [9.17, 15) is 9.59 Å². The van der Waals surface area contributed by atoms with Gasteiger partial charge in [-0.15, -0.1) is 0 Å². The molecule has 1 aromatic heterocycles. The zero-order valence-electron chi connectivity index (χ0n) is 18.4. The van der Waals surface area contributed by atoms with Crippen LogP contribution in [0.5, 0.6) is 0 Å². The highest BCUT2D eigenvalue weighted by Gasteiger charge is 2.15. The lowest BCUT2D eigenvalue weighted by Gasteiger charge is -2.22. The van der Waals surface area contributed by atoms with Crippen molar-refractivity contribution in [1.82, 2.24) is 19.6 Å². The quantitative estimate of drug-likeness (QED) is 0.644. The smallest absolute Gasteiger partial charge is 0.246 e. The molecule has 0 aliphatic heterocycles. The van der Waals surface area contributed by atoms with Gasteiger partial charge in [0, 0.05) is 37.5 Å². The fourth-order valence-corrected chi connectivity index (χ4v) is 3.21. The predicted molar refractivity (Wildman–Crippen MR) is 117 cm³/mol. The highest BCUT2D eigenvalue weighted by Crippen LogP contribution is 2.17. The summed E-state index contributed by atoms with van der Waals surface area (Å²) in [7, 11) is 1.65. The number of benzene rings is 1. The summed E-state index contributed by atoms with van der Waals surface area (Å²) in [4.78, 5) is 27.8. The Labute approximate surface area is 173 Å². The summed E-state index contributed by atoms with van der Waals surface area (Å²) in [6.07, 6.45) is 3.31. The van der Waals surface area contributed by atoms with E-state index in [1.165, 1.54) is 22.1 Å². The third kappa shape index (κ3) is 5.79. The van der Waals surface area contributed by atoms with Gasteiger partial charge in [0.2, 0.25) is 11.8 Å². The molecule has 1 aromatic carbocycles. The minimum absolute atomic E-state index is 0.0440. The summed E-state index contributed by atoms with van der Waals surface area (Å²) >= 11 is 0. The van der Waals surface area contributed by atoms with Crippen molar-refractivity contribution in [2.24, 2.45) is 0 Å². The molecule has 0 N–H and O–H groups in total. The largest absolute Gasteiger partial charge is 0.342 e. The molecule has 0 bridgehead atoms. The zero-order chi connectivity index (χ0) is 21.6. The molecule has 0 aliphatic carbocycles. The van der Waals surface area contributed by atoms with Gasteiger partial charge in [-0.3, -0.25) is 14.3 Å². The van der Waals surface area contributed by atoms with Crippen molar-refractivity contribution in [2.75, 3.05) is 26.7 Å². The molecule has 1 heterocycles. The van der Waals surface area contributed by atoms with Gasteiger partial charge in [-0.2, -0.15) is 5.10 Å². The normalized spacial score (nSPS) is 11.1. The zero-order valence-corrected chi connectivity index (χ0v) is 18.4. The van der Waals surface area contributed by atoms with Crippen LogP contribution in [0.1, 0.15) is 41.9 Å². The van der Waals surface area contributed by atoms with E-state index >= 15 is 0 Å². The molecule has 2 rings (SSSR count). The van der Waals surface area contributed by atoms with Gasteiger partial charge in [0.1, 0.15) is 0 Å². The Morgan fingerprint density at radius 2 is 1.69 bits per heavy atom. The molecule has 29 heavy (non-hydrogen) atoms. The van der Waals surface area contributed by atoms with E-state index in [0.29, 0.717) is 19.6 Å². The second kappa shape index (κ2) is 10.0. The average Bonchev–Trinajstić information content (AvgIpc) is 2.95. The Morgan fingerprint density at radius 3 is 2.28 bits per heavy atom. The van der Waals surface area contributed by atoms with Gasteiger partial charge in [-0.05, 0) is 46.3 Å². The first-order valence-electron chi connectivity index (χ1n) is 10.1. The van der Waals surface area contributed by atoms with E-state index in [0.717, 1.165) is 17.0 Å². The van der Waals surface area contributed by atoms with Gasteiger partial charge in [0.05, 0.1) is 18.8 Å². The molecule has 2 amide bonds. The van der Waals surface area contributed by atoms with Gasteiger partial charge in [-0.1, -0.05) is 29.8 Å². The maximum atomic E-state index is 12.4. The van der Waals surface area contributed by atoms with Gasteiger partial charge in [0.25, 0.3) is 0 Å². The number of hydrogen-bond donors (Lipinski definition) is 0. The van der Waals surface area contributed by atoms with Gasteiger partial charge < -0.3 is 9.80 Å². The van der Waals surface area contributed by atoms with Crippen LogP contribution in [0.25, 0.3) is 6.08 Å². The van der Waals surface area contributed by atoms with Crippen LogP contribution in [0.15, 0.2) is 30.3 Å². The number of aryl methyl sites for hydroxylation is 2. The number of carbonyl (C=O) groups is 2. The minimum atomic E-state index is -0.199. The van der Waals surface area contributed by atoms with Crippen LogP contribution in [0.2, 0.25) is 0 Å². The second-order valence-corrected chi connectivity index (χ2v) is 7.32. The third-order valence-corrected chi connectivity index (χ3v) is 5.15. The van der Waals surface area contributed by atoms with Crippen molar-refractivity contribution in [3.05, 3.63) is 58.4 Å². The highest BCUT2D eigenvalue weighted by atomic mass is 16.2. The highest BCUT2D eigenvalue weighted by molar-refractivity contribution is 5.94. The van der Waals surface area contributed by atoms with Crippen LogP contribution >= 0.6 is 0 Å². The van der Waals surface area contributed by atoms with Crippen LogP contribution in [0.4, 0.5) is 0 Å². The second-order valence-electron chi connectivity index (χ2n) is 7.32. The summed E-state index contributed by atoms with van der Waals surface area (Å²) in [5, 5.41) is 4.62. The lowest BCUT2D eigenvalue weighted by Crippen LogP contribution is -2.40. The van der Waals surface area contributed by atoms with E-state index in [1.54, 1.807) is 18.0 Å². The summed E-state index contributed by atoms with van der Waals surface area (Å²) in [5.41, 5.74) is 5.23. The number of nitrogens with zero attached hydrogens (tertiary/aromatic N) is 4. The van der Waals surface area contributed by atoms with Crippen molar-refractivity contribution < 1.29 is 9.59 Å². The third-order valence-electron chi connectivity index (χ3n) is 5.15. The van der Waals surface area contributed by atoms with E-state index in [1.807, 2.05) is 32.4 Å². The van der Waals surface area contributed by atoms with Crippen molar-refractivity contribution in [3.8, 4) is 0 Å². The predicted octanol–water partition coefficient (Wildman–Crippen LogP) is 3.20. The van der Waals surface area contributed by atoms with Crippen LogP contribution in [-0.2, 0) is 16.1 Å². The lowest BCUT2D eigenvalue weighted by molar-refractivity contribution is -0.136. The van der Waals surface area contributed by atoms with Gasteiger partial charge >= 0.3 is 0 Å². The van der Waals surface area contributed by atoms with Gasteiger partial charge in [0.15, 0.2) is 0 Å². The first kappa shape index (κ1) is 22.4. The van der Waals surface area contributed by atoms with E-state index in [4.69, 9.17) is 0 Å². The molecular weight excluding hydrogens is 364 g/mol. The van der Waals surface area contributed by atoms with Crippen LogP contribution in [-0.4, -0.2) is 58.1 Å². The Hall–Kier alpha value is -2.89. The van der Waals surface area contributed by atoms with Crippen molar-refractivity contribution >= 4 is 17.9 Å². The summed E-state index contributed by atoms with van der Waals surface area (Å²) < 4.78 is 1.96. The fourth-order valence-electron chi connectivity index (χ4n) is 3.21. The van der Waals surface area contributed by atoms with Gasteiger partial charge in [-0.25, -0.2) is 0 Å². The first-order chi connectivity index (χ1) is 13.8. The first-order valence-corrected chi connectivity index (χ1v) is 10.1. The van der Waals surface area contributed by atoms with E-state index in [-0.39, 0.29) is 18.4 Å². The van der Waals surface area contributed by atoms with Crippen molar-refractivity contribution in [1.29, 1.82) is 0 Å². The van der Waals surface area contributed by atoms with Crippen LogP contribution in [0, 0.1) is 20.8 Å².